The standard InChI is InChI=1S/C16H22NPS/c1-10-11(2)15(4)16(5)14(10,3)13(17(6)18(15)16)12-8-7-9-19-12/h7-9,13H,1-6H3/t13-,14?,15?,16?,18?/m0/s1. The molecule has 19 heavy (non-hydrogen) atoms. The molecule has 1 aliphatic carbocycles. The lowest BCUT2D eigenvalue weighted by Crippen LogP contribution is -2.40. The Balaban J connectivity index is 1.97. The van der Waals surface area contributed by atoms with Gasteiger partial charge in [-0.15, -0.1) is 11.3 Å². The first-order valence-corrected chi connectivity index (χ1v) is 9.25. The summed E-state index contributed by atoms with van der Waals surface area (Å²) in [4.78, 5) is 1.55. The zero-order chi connectivity index (χ0) is 13.8. The van der Waals surface area contributed by atoms with Crippen LogP contribution in [0.25, 0.3) is 0 Å². The lowest BCUT2D eigenvalue weighted by molar-refractivity contribution is 0.203. The summed E-state index contributed by atoms with van der Waals surface area (Å²) in [5, 5.41) is 3.20. The van der Waals surface area contributed by atoms with E-state index >= 15 is 0 Å². The maximum absolute atomic E-state index is 2.74. The van der Waals surface area contributed by atoms with Gasteiger partial charge < -0.3 is 0 Å². The Labute approximate surface area is 121 Å². The number of rotatable bonds is 1. The van der Waals surface area contributed by atoms with E-state index in [-0.39, 0.29) is 8.07 Å². The lowest BCUT2D eigenvalue weighted by atomic mass is 9.68. The number of nitrogens with zero attached hydrogens (tertiary/aromatic N) is 1. The number of thiophene rings is 1. The molecule has 0 spiro atoms. The van der Waals surface area contributed by atoms with E-state index in [0.29, 0.717) is 21.8 Å². The van der Waals surface area contributed by atoms with Crippen LogP contribution in [-0.4, -0.2) is 22.0 Å². The largest absolute Gasteiger partial charge is 0.275 e. The lowest BCUT2D eigenvalue weighted by Gasteiger charge is -2.39. The minimum Gasteiger partial charge on any atom is -0.275 e. The first kappa shape index (κ1) is 12.6. The van der Waals surface area contributed by atoms with Gasteiger partial charge in [0.05, 0.1) is 6.04 Å². The monoisotopic (exact) mass is 291 g/mol. The highest BCUT2D eigenvalue weighted by molar-refractivity contribution is 7.68. The van der Waals surface area contributed by atoms with E-state index < -0.39 is 0 Å². The maximum Gasteiger partial charge on any atom is 0.0575 e. The summed E-state index contributed by atoms with van der Waals surface area (Å²) in [5.74, 6) is 0. The third-order valence-electron chi connectivity index (χ3n) is 6.88. The molecule has 4 rings (SSSR count). The van der Waals surface area contributed by atoms with Gasteiger partial charge in [0.15, 0.2) is 0 Å². The van der Waals surface area contributed by atoms with E-state index in [2.05, 4.69) is 63.8 Å². The molecule has 1 aromatic rings. The van der Waals surface area contributed by atoms with E-state index in [0.717, 1.165) is 0 Å². The van der Waals surface area contributed by atoms with Gasteiger partial charge in [-0.2, -0.15) is 0 Å². The Morgan fingerprint density at radius 2 is 1.89 bits per heavy atom. The van der Waals surface area contributed by atoms with Gasteiger partial charge in [0.1, 0.15) is 0 Å². The molecule has 0 N–H and O–H groups in total. The minimum absolute atomic E-state index is 0.0139. The average Bonchev–Trinajstić information content (AvgIpc) is 2.74. The van der Waals surface area contributed by atoms with Gasteiger partial charge in [-0.3, -0.25) is 4.67 Å². The Hall–Kier alpha value is -0.170. The van der Waals surface area contributed by atoms with Crippen LogP contribution in [0.3, 0.4) is 0 Å². The van der Waals surface area contributed by atoms with Crippen LogP contribution in [-0.2, 0) is 0 Å². The predicted octanol–water partition coefficient (Wildman–Crippen LogP) is 5.02. The van der Waals surface area contributed by atoms with Crippen molar-refractivity contribution in [3.8, 4) is 0 Å². The van der Waals surface area contributed by atoms with Crippen LogP contribution in [0, 0.1) is 5.41 Å². The van der Waals surface area contributed by atoms with Crippen molar-refractivity contribution in [2.24, 2.45) is 5.41 Å². The maximum atomic E-state index is 2.74. The molecule has 3 heteroatoms. The normalized spacial score (nSPS) is 51.9. The van der Waals surface area contributed by atoms with Gasteiger partial charge in [0.2, 0.25) is 0 Å². The highest BCUT2D eigenvalue weighted by Crippen LogP contribution is 3.01. The average molecular weight is 291 g/mol. The van der Waals surface area contributed by atoms with Crippen molar-refractivity contribution in [3.63, 3.8) is 0 Å². The zero-order valence-corrected chi connectivity index (χ0v) is 14.3. The Bertz CT molecular complexity index is 606. The molecule has 3 heterocycles. The summed E-state index contributed by atoms with van der Waals surface area (Å²) in [6.07, 6.45) is 0. The number of fused-ring (bicyclic) bond motifs is 1. The molecule has 0 amide bonds. The summed E-state index contributed by atoms with van der Waals surface area (Å²) in [6.45, 7) is 12.4. The highest BCUT2D eigenvalue weighted by atomic mass is 32.1. The molecule has 2 fully saturated rings. The van der Waals surface area contributed by atoms with Crippen molar-refractivity contribution in [2.75, 3.05) is 7.05 Å². The summed E-state index contributed by atoms with van der Waals surface area (Å²) < 4.78 is 2.74. The van der Waals surface area contributed by atoms with E-state index in [1.807, 2.05) is 11.3 Å². The molecular formula is C16H22NPS. The first-order valence-electron chi connectivity index (χ1n) is 7.08. The second-order valence-electron chi connectivity index (χ2n) is 6.90. The quantitative estimate of drug-likeness (QED) is 0.519. The molecule has 0 bridgehead atoms. The van der Waals surface area contributed by atoms with E-state index in [9.17, 15) is 0 Å². The summed E-state index contributed by atoms with van der Waals surface area (Å²) in [6, 6.07) is 5.13. The fraction of sp³-hybridized carbons (Fsp3) is 0.625. The van der Waals surface area contributed by atoms with Crippen LogP contribution >= 0.6 is 19.4 Å². The molecule has 5 atom stereocenters. The predicted molar refractivity (Wildman–Crippen MR) is 85.0 cm³/mol. The van der Waals surface area contributed by atoms with Gasteiger partial charge in [-0.25, -0.2) is 0 Å². The fourth-order valence-corrected chi connectivity index (χ4v) is 11.3. The molecule has 2 aliphatic heterocycles. The van der Waals surface area contributed by atoms with Gasteiger partial charge in [0, 0.05) is 20.6 Å². The van der Waals surface area contributed by atoms with Crippen molar-refractivity contribution in [2.45, 2.75) is 51.0 Å². The number of hydrogen-bond donors (Lipinski definition) is 0. The SMILES string of the molecule is CC1=C(C)C2(C)P3N(C)[C@@H](c4cccs4)C1(C)C32C. The molecule has 0 saturated carbocycles. The van der Waals surface area contributed by atoms with Crippen molar-refractivity contribution >= 4 is 19.4 Å². The Morgan fingerprint density at radius 3 is 2.47 bits per heavy atom. The van der Waals surface area contributed by atoms with Crippen molar-refractivity contribution in [3.05, 3.63) is 33.5 Å². The second-order valence-corrected chi connectivity index (χ2v) is 10.9. The molecular weight excluding hydrogens is 269 g/mol. The third kappa shape index (κ3) is 0.943. The van der Waals surface area contributed by atoms with E-state index in [1.165, 1.54) is 0 Å². The van der Waals surface area contributed by atoms with Crippen molar-refractivity contribution < 1.29 is 0 Å². The minimum atomic E-state index is -0.0139. The fourth-order valence-electron chi connectivity index (χ4n) is 5.47. The topological polar surface area (TPSA) is 3.24 Å². The van der Waals surface area contributed by atoms with Crippen LogP contribution in [0.2, 0.25) is 0 Å². The molecule has 0 aromatic carbocycles. The van der Waals surface area contributed by atoms with Gasteiger partial charge >= 0.3 is 0 Å². The molecule has 4 unspecified atom stereocenters. The summed E-state index contributed by atoms with van der Waals surface area (Å²) in [5.41, 5.74) is 3.69. The summed E-state index contributed by atoms with van der Waals surface area (Å²) >= 11 is 1.93. The van der Waals surface area contributed by atoms with Gasteiger partial charge in [0.25, 0.3) is 0 Å². The number of allylic oxidation sites excluding steroid dienone is 1. The van der Waals surface area contributed by atoms with Crippen LogP contribution in [0.5, 0.6) is 0 Å². The van der Waals surface area contributed by atoms with Crippen LogP contribution in [0.1, 0.15) is 45.5 Å². The molecule has 1 nitrogen and oxygen atoms in total. The molecule has 0 radical (unpaired) electrons. The van der Waals surface area contributed by atoms with Crippen LogP contribution in [0.15, 0.2) is 28.7 Å². The zero-order valence-electron chi connectivity index (χ0n) is 12.6. The molecule has 1 aromatic heterocycles. The molecule has 102 valence electrons. The Kier molecular flexibility index (Phi) is 2.10. The third-order valence-corrected chi connectivity index (χ3v) is 11.8. The summed E-state index contributed by atoms with van der Waals surface area (Å²) in [7, 11) is 2.36. The molecule has 2 saturated heterocycles. The van der Waals surface area contributed by atoms with Crippen LogP contribution < -0.4 is 0 Å². The van der Waals surface area contributed by atoms with Crippen LogP contribution in [0.4, 0.5) is 0 Å². The van der Waals surface area contributed by atoms with Gasteiger partial charge in [-0.1, -0.05) is 31.1 Å². The number of hydrogen-bond acceptors (Lipinski definition) is 2. The van der Waals surface area contributed by atoms with E-state index in [4.69, 9.17) is 0 Å². The second kappa shape index (κ2) is 3.18. The highest BCUT2D eigenvalue weighted by Gasteiger charge is 2.89. The van der Waals surface area contributed by atoms with Crippen molar-refractivity contribution in [1.82, 2.24) is 4.67 Å². The Morgan fingerprint density at radius 1 is 1.21 bits per heavy atom. The van der Waals surface area contributed by atoms with E-state index in [1.54, 1.807) is 16.0 Å². The smallest absolute Gasteiger partial charge is 0.0575 e. The first-order chi connectivity index (χ1) is 8.83. The van der Waals surface area contributed by atoms with Crippen molar-refractivity contribution in [1.29, 1.82) is 0 Å². The molecule has 3 aliphatic rings. The van der Waals surface area contributed by atoms with Gasteiger partial charge in [-0.05, 0) is 47.3 Å².